The number of unbranched alkanes of at least 4 members (excludes halogenated alkanes) is 14. The van der Waals surface area contributed by atoms with Gasteiger partial charge in [0.05, 0.1) is 0 Å². The van der Waals surface area contributed by atoms with Gasteiger partial charge in [-0.25, -0.2) is 13.6 Å². The van der Waals surface area contributed by atoms with Crippen molar-refractivity contribution in [2.45, 2.75) is 165 Å². The van der Waals surface area contributed by atoms with Crippen molar-refractivity contribution < 1.29 is 61.5 Å². The first-order valence-electron chi connectivity index (χ1n) is 22.8. The van der Waals surface area contributed by atoms with Gasteiger partial charge in [0.2, 0.25) is 12.2 Å². The molecule has 9 N–H and O–H groups in total. The van der Waals surface area contributed by atoms with Crippen LogP contribution in [0.2, 0.25) is 0 Å². The van der Waals surface area contributed by atoms with Crippen molar-refractivity contribution in [1.82, 2.24) is 9.55 Å². The first-order valence-corrected chi connectivity index (χ1v) is 22.8. The quantitative estimate of drug-likeness (QED) is 0.0482. The summed E-state index contributed by atoms with van der Waals surface area (Å²) in [7, 11) is 1.21. The number of anilines is 1. The van der Waals surface area contributed by atoms with Crippen molar-refractivity contribution in [3.63, 3.8) is 0 Å². The Labute approximate surface area is 382 Å². The minimum atomic E-state index is -2.01. The Morgan fingerprint density at radius 2 is 1.36 bits per heavy atom. The van der Waals surface area contributed by atoms with E-state index < -0.39 is 102 Å². The van der Waals surface area contributed by atoms with Crippen LogP contribution in [0.25, 0.3) is 0 Å². The van der Waals surface area contributed by atoms with Gasteiger partial charge in [-0.15, -0.1) is 0 Å². The lowest BCUT2D eigenvalue weighted by Crippen LogP contribution is -2.54. The highest BCUT2D eigenvalue weighted by Gasteiger charge is 2.55. The molecule has 1 aromatic carbocycles. The van der Waals surface area contributed by atoms with E-state index in [0.717, 1.165) is 125 Å². The molecule has 0 spiro atoms. The highest BCUT2D eigenvalue weighted by atomic mass is 19.2. The van der Waals surface area contributed by atoms with Crippen LogP contribution in [0.4, 0.5) is 14.5 Å². The zero-order chi connectivity index (χ0) is 48.0. The number of amides is 2. The summed E-state index contributed by atoms with van der Waals surface area (Å²) < 4.78 is 63.6. The fourth-order valence-electron chi connectivity index (χ4n) is 7.72. The molecule has 368 valence electrons. The van der Waals surface area contributed by atoms with Gasteiger partial charge < -0.3 is 56.0 Å². The zero-order valence-corrected chi connectivity index (χ0v) is 37.5. The number of halogens is 2. The van der Waals surface area contributed by atoms with Crippen molar-refractivity contribution in [1.29, 1.82) is 0 Å². The van der Waals surface area contributed by atoms with Crippen LogP contribution < -0.4 is 33.8 Å². The van der Waals surface area contributed by atoms with Crippen molar-refractivity contribution in [3.8, 4) is 0 Å². The topological polar surface area (TPSA) is 289 Å². The normalized spacial score (nSPS) is 22.0. The first kappa shape index (κ1) is 53.6. The number of nitrogens with one attached hydrogen (secondary N) is 2. The minimum Gasteiger partial charge on any atom is -0.456 e. The molecule has 2 aliphatic heterocycles. The molecule has 8 atom stereocenters. The summed E-state index contributed by atoms with van der Waals surface area (Å²) in [5.41, 5.74) is 15.1. The third kappa shape index (κ3) is 16.7. The molecule has 1 fully saturated rings. The Morgan fingerprint density at radius 1 is 0.803 bits per heavy atom. The maximum Gasteiger partial charge on any atom is 0.330 e. The Morgan fingerprint density at radius 3 is 1.89 bits per heavy atom. The van der Waals surface area contributed by atoms with Gasteiger partial charge in [-0.05, 0) is 50.9 Å². The predicted octanol–water partition coefficient (Wildman–Crippen LogP) is 3.60. The van der Waals surface area contributed by atoms with E-state index >= 15 is 0 Å². The predicted molar refractivity (Wildman–Crippen MR) is 235 cm³/mol. The van der Waals surface area contributed by atoms with Gasteiger partial charge in [0.1, 0.15) is 12.2 Å². The van der Waals surface area contributed by atoms with Gasteiger partial charge in [0.25, 0.3) is 11.5 Å². The zero-order valence-electron chi connectivity index (χ0n) is 37.5. The molecule has 0 saturated carbocycles. The summed E-state index contributed by atoms with van der Waals surface area (Å²) in [4.78, 5) is 80.3. The monoisotopic (exact) mass is 936 g/mol. The molecule has 2 aliphatic rings. The summed E-state index contributed by atoms with van der Waals surface area (Å²) in [6.45, 7) is 1.31. The number of aromatic nitrogens is 2. The van der Waals surface area contributed by atoms with Crippen LogP contribution in [-0.2, 0) is 47.6 Å². The molecule has 3 heterocycles. The fraction of sp³-hybridized carbons (Fsp3) is 0.644. The van der Waals surface area contributed by atoms with Crippen molar-refractivity contribution in [3.05, 3.63) is 74.8 Å². The Bertz CT molecular complexity index is 2020. The van der Waals surface area contributed by atoms with Crippen molar-refractivity contribution in [2.24, 2.45) is 17.2 Å². The van der Waals surface area contributed by atoms with Crippen LogP contribution in [0, 0.1) is 11.6 Å². The van der Waals surface area contributed by atoms with E-state index in [-0.39, 0.29) is 18.5 Å². The summed E-state index contributed by atoms with van der Waals surface area (Å²) in [6.07, 6.45) is 3.07. The second kappa shape index (κ2) is 28.2. The molecule has 1 saturated heterocycles. The van der Waals surface area contributed by atoms with E-state index in [1.807, 2.05) is 0 Å². The van der Waals surface area contributed by atoms with E-state index in [0.29, 0.717) is 32.0 Å². The molecule has 0 radical (unpaired) electrons. The number of carbonyl (C=O) groups excluding carboxylic acids is 4. The van der Waals surface area contributed by atoms with Gasteiger partial charge in [0, 0.05) is 50.0 Å². The average molecular weight is 937 g/mol. The van der Waals surface area contributed by atoms with Crippen LogP contribution in [0.5, 0.6) is 0 Å². The molecule has 0 bridgehead atoms. The number of nitrogens with two attached hydrogens (primary N) is 3. The van der Waals surface area contributed by atoms with Crippen LogP contribution >= 0.6 is 0 Å². The molecular formula is C45H66F2N6O13. The Hall–Kier alpha value is -5.06. The summed E-state index contributed by atoms with van der Waals surface area (Å²) >= 11 is 0. The van der Waals surface area contributed by atoms with Crippen LogP contribution in [0.15, 0.2) is 51.9 Å². The van der Waals surface area contributed by atoms with Crippen molar-refractivity contribution in [2.75, 3.05) is 25.5 Å². The molecule has 4 rings (SSSR count). The van der Waals surface area contributed by atoms with E-state index in [4.69, 9.17) is 45.6 Å². The molecule has 0 aliphatic carbocycles. The number of aliphatic hydroxyl groups is 1. The number of carbonyl (C=O) groups is 4. The number of aromatic amines is 1. The number of primary amides is 1. The number of esters is 2. The molecule has 1 aromatic heterocycles. The number of methoxy groups -OCH3 is 1. The van der Waals surface area contributed by atoms with Crippen LogP contribution in [0.1, 0.15) is 122 Å². The standard InChI is InChI=1S/C45H66F2N6O13/c1-61-37-38(65-43(53-25-22-33(54)52-45(53)60)40(37)64-35(56)19-15-11-7-3-5-9-13-17-24-49)39(41(50)58)66-44-36(57)31(62-34(55)18-14-10-6-2-4-8-12-16-23-48)27-32(63-44)42(59)51-28-20-21-29(46)30(47)26-28/h20-22,25-27,31,36-40,43-44,57H,2-19,23-24,48-49H2,1H3,(H2,50,58)(H,51,59)(H,52,54,60)/t31-,36-,37+,38-,39+,40+,43+,44+/m0/s1. The third-order valence-corrected chi connectivity index (χ3v) is 11.3. The van der Waals surface area contributed by atoms with Crippen LogP contribution in [-0.4, -0.2) is 102 Å². The molecule has 19 nitrogen and oxygen atoms in total. The smallest absolute Gasteiger partial charge is 0.330 e. The summed E-state index contributed by atoms with van der Waals surface area (Å²) in [5, 5.41) is 13.9. The molecule has 66 heavy (non-hydrogen) atoms. The third-order valence-electron chi connectivity index (χ3n) is 11.3. The molecule has 2 aromatic rings. The highest BCUT2D eigenvalue weighted by molar-refractivity contribution is 6.02. The Kier molecular flexibility index (Phi) is 22.9. The number of hydrogen-bond acceptors (Lipinski definition) is 15. The number of benzene rings is 1. The number of nitrogens with zero attached hydrogens (tertiary/aromatic N) is 1. The lowest BCUT2D eigenvalue weighted by Gasteiger charge is -2.36. The largest absolute Gasteiger partial charge is 0.456 e. The van der Waals surface area contributed by atoms with E-state index in [1.54, 1.807) is 0 Å². The minimum absolute atomic E-state index is 0.00660. The van der Waals surface area contributed by atoms with Crippen molar-refractivity contribution >= 4 is 29.4 Å². The van der Waals surface area contributed by atoms with Gasteiger partial charge in [-0.1, -0.05) is 77.0 Å². The highest BCUT2D eigenvalue weighted by Crippen LogP contribution is 2.37. The number of rotatable bonds is 30. The number of H-pyrrole nitrogens is 1. The average Bonchev–Trinajstić information content (AvgIpc) is 3.63. The first-order chi connectivity index (χ1) is 31.8. The number of aliphatic hydroxyl groups excluding tert-OH is 1. The second-order valence-electron chi connectivity index (χ2n) is 16.4. The summed E-state index contributed by atoms with van der Waals surface area (Å²) in [5.74, 6) is -6.75. The SMILES string of the molecule is CO[C@H]1[C@@H](OC(=O)CCCCCCCCCCN)[C@H](n2ccc(=O)[nH]c2=O)O[C@@H]1[C@@H](O[C@H]1OC(C(=O)Nc2ccc(F)c(F)c2)=C[C@H](OC(=O)CCCCCCCCCCN)[C@@H]1O)C(N)=O. The molecule has 21 heteroatoms. The molecule has 0 unspecified atom stereocenters. The van der Waals surface area contributed by atoms with Crippen LogP contribution in [0.3, 0.4) is 0 Å². The lowest BCUT2D eigenvalue weighted by molar-refractivity contribution is -0.243. The second-order valence-corrected chi connectivity index (χ2v) is 16.4. The molecule has 2 amide bonds. The molecular weight excluding hydrogens is 871 g/mol. The number of ether oxygens (including phenoxy) is 6. The van der Waals surface area contributed by atoms with E-state index in [2.05, 4.69) is 10.3 Å². The van der Waals surface area contributed by atoms with E-state index in [1.165, 1.54) is 7.11 Å². The fourth-order valence-corrected chi connectivity index (χ4v) is 7.72. The van der Waals surface area contributed by atoms with Gasteiger partial charge in [-0.3, -0.25) is 33.5 Å². The van der Waals surface area contributed by atoms with E-state index in [9.17, 15) is 42.7 Å². The number of hydrogen-bond donors (Lipinski definition) is 6. The maximum absolute atomic E-state index is 14.0. The van der Waals surface area contributed by atoms with Gasteiger partial charge in [0.15, 0.2) is 48.0 Å². The van der Waals surface area contributed by atoms with Gasteiger partial charge >= 0.3 is 17.6 Å². The summed E-state index contributed by atoms with van der Waals surface area (Å²) in [6, 6.07) is 3.59. The lowest BCUT2D eigenvalue weighted by atomic mass is 10.0. The Balaban J connectivity index is 1.53. The maximum atomic E-state index is 14.0. The van der Waals surface area contributed by atoms with Gasteiger partial charge in [-0.2, -0.15) is 0 Å².